The van der Waals surface area contributed by atoms with Crippen LogP contribution < -0.4 is 10.1 Å². The molecule has 0 saturated heterocycles. The summed E-state index contributed by atoms with van der Waals surface area (Å²) < 4.78 is 5.14. The smallest absolute Gasteiger partial charge is 0.145 e. The Hall–Kier alpha value is -3.24. The van der Waals surface area contributed by atoms with Crippen LogP contribution >= 0.6 is 0 Å². The van der Waals surface area contributed by atoms with Crippen LogP contribution in [0.4, 0.5) is 5.69 Å². The summed E-state index contributed by atoms with van der Waals surface area (Å²) in [5.41, 5.74) is 2.94. The minimum Gasteiger partial charge on any atom is -0.497 e. The Morgan fingerprint density at radius 3 is 2.38 bits per heavy atom. The predicted molar refractivity (Wildman–Crippen MR) is 81.4 cm³/mol. The topological polar surface area (TPSA) is 68.8 Å². The van der Waals surface area contributed by atoms with E-state index in [0.717, 1.165) is 22.6 Å². The molecule has 0 aromatic heterocycles. The van der Waals surface area contributed by atoms with E-state index in [4.69, 9.17) is 15.3 Å². The third kappa shape index (κ3) is 3.62. The number of ether oxygens (including phenoxy) is 1. The first-order chi connectivity index (χ1) is 10.3. The third-order valence-corrected chi connectivity index (χ3v) is 2.91. The molecule has 21 heavy (non-hydrogen) atoms. The standard InChI is InChI=1S/C17H13N3O/c1-21-17-7-5-14(6-8-17)15-3-2-4-16(9-15)20-12-13(10-18)11-19/h2-9,12,20H,1H3. The van der Waals surface area contributed by atoms with Gasteiger partial charge in [0, 0.05) is 11.9 Å². The van der Waals surface area contributed by atoms with Crippen molar-refractivity contribution in [3.8, 4) is 29.0 Å². The molecular formula is C17H13N3O. The molecule has 102 valence electrons. The van der Waals surface area contributed by atoms with Crippen LogP contribution in [0.15, 0.2) is 60.3 Å². The number of methoxy groups -OCH3 is 1. The second kappa shape index (κ2) is 6.79. The average molecular weight is 275 g/mol. The first-order valence-electron chi connectivity index (χ1n) is 6.28. The Kier molecular flexibility index (Phi) is 4.58. The van der Waals surface area contributed by atoms with Gasteiger partial charge >= 0.3 is 0 Å². The number of rotatable bonds is 4. The fraction of sp³-hybridized carbons (Fsp3) is 0.0588. The van der Waals surface area contributed by atoms with Crippen molar-refractivity contribution in [3.05, 3.63) is 60.3 Å². The molecule has 0 aliphatic heterocycles. The fourth-order valence-corrected chi connectivity index (χ4v) is 1.82. The SMILES string of the molecule is COc1ccc(-c2cccc(NC=C(C#N)C#N)c2)cc1. The van der Waals surface area contributed by atoms with E-state index in [1.807, 2.05) is 48.5 Å². The minimum absolute atomic E-state index is 0.0323. The Morgan fingerprint density at radius 1 is 1.05 bits per heavy atom. The molecule has 0 radical (unpaired) electrons. The van der Waals surface area contributed by atoms with Gasteiger partial charge in [0.05, 0.1) is 7.11 Å². The average Bonchev–Trinajstić information content (AvgIpc) is 2.56. The molecule has 4 heteroatoms. The highest BCUT2D eigenvalue weighted by Gasteiger charge is 2.00. The zero-order chi connectivity index (χ0) is 15.1. The summed E-state index contributed by atoms with van der Waals surface area (Å²) in [6.07, 6.45) is 1.40. The Balaban J connectivity index is 2.23. The van der Waals surface area contributed by atoms with Crippen LogP contribution in [0, 0.1) is 22.7 Å². The molecule has 0 bridgehead atoms. The number of hydrogen-bond donors (Lipinski definition) is 1. The zero-order valence-corrected chi connectivity index (χ0v) is 11.5. The van der Waals surface area contributed by atoms with Crippen LogP contribution in [0.5, 0.6) is 5.75 Å². The lowest BCUT2D eigenvalue weighted by Crippen LogP contribution is -1.90. The van der Waals surface area contributed by atoms with E-state index in [0.29, 0.717) is 0 Å². The van der Waals surface area contributed by atoms with Gasteiger partial charge in [-0.05, 0) is 35.4 Å². The number of nitriles is 2. The second-order valence-electron chi connectivity index (χ2n) is 4.24. The Morgan fingerprint density at radius 2 is 1.76 bits per heavy atom. The largest absolute Gasteiger partial charge is 0.497 e. The third-order valence-electron chi connectivity index (χ3n) is 2.91. The van der Waals surface area contributed by atoms with Crippen molar-refractivity contribution in [2.45, 2.75) is 0 Å². The molecular weight excluding hydrogens is 262 g/mol. The maximum atomic E-state index is 8.69. The summed E-state index contributed by atoms with van der Waals surface area (Å²) in [7, 11) is 1.63. The van der Waals surface area contributed by atoms with Crippen molar-refractivity contribution < 1.29 is 4.74 Å². The normalized spacial score (nSPS) is 9.10. The van der Waals surface area contributed by atoms with E-state index in [-0.39, 0.29) is 5.57 Å². The van der Waals surface area contributed by atoms with Crippen LogP contribution in [0.25, 0.3) is 11.1 Å². The van der Waals surface area contributed by atoms with Gasteiger partial charge in [0.2, 0.25) is 0 Å². The molecule has 2 aromatic carbocycles. The van der Waals surface area contributed by atoms with E-state index in [9.17, 15) is 0 Å². The molecule has 0 aliphatic rings. The van der Waals surface area contributed by atoms with Crippen molar-refractivity contribution in [1.82, 2.24) is 0 Å². The van der Waals surface area contributed by atoms with E-state index in [1.165, 1.54) is 6.20 Å². The van der Waals surface area contributed by atoms with Crippen LogP contribution in [-0.4, -0.2) is 7.11 Å². The molecule has 0 aliphatic carbocycles. The Labute approximate surface area is 123 Å². The van der Waals surface area contributed by atoms with Gasteiger partial charge in [-0.15, -0.1) is 0 Å². The maximum Gasteiger partial charge on any atom is 0.145 e. The molecule has 0 spiro atoms. The van der Waals surface area contributed by atoms with Gasteiger partial charge < -0.3 is 10.1 Å². The second-order valence-corrected chi connectivity index (χ2v) is 4.24. The fourth-order valence-electron chi connectivity index (χ4n) is 1.82. The van der Waals surface area contributed by atoms with Gasteiger partial charge in [-0.3, -0.25) is 0 Å². The van der Waals surface area contributed by atoms with E-state index < -0.39 is 0 Å². The molecule has 2 aromatic rings. The number of benzene rings is 2. The molecule has 0 unspecified atom stereocenters. The summed E-state index contributed by atoms with van der Waals surface area (Å²) in [5, 5.41) is 20.3. The Bertz CT molecular complexity index is 718. The van der Waals surface area contributed by atoms with Gasteiger partial charge in [-0.2, -0.15) is 10.5 Å². The molecule has 0 fully saturated rings. The maximum absolute atomic E-state index is 8.69. The van der Waals surface area contributed by atoms with Crippen molar-refractivity contribution >= 4 is 5.69 Å². The van der Waals surface area contributed by atoms with Crippen molar-refractivity contribution in [1.29, 1.82) is 10.5 Å². The van der Waals surface area contributed by atoms with Crippen molar-refractivity contribution in [3.63, 3.8) is 0 Å². The van der Waals surface area contributed by atoms with Crippen LogP contribution in [0.3, 0.4) is 0 Å². The summed E-state index contributed by atoms with van der Waals surface area (Å²) in [5.74, 6) is 0.809. The number of nitrogens with one attached hydrogen (secondary N) is 1. The molecule has 0 atom stereocenters. The zero-order valence-electron chi connectivity index (χ0n) is 11.5. The molecule has 4 nitrogen and oxygen atoms in total. The monoisotopic (exact) mass is 275 g/mol. The minimum atomic E-state index is 0.0323. The lowest BCUT2D eigenvalue weighted by molar-refractivity contribution is 0.415. The molecule has 0 amide bonds. The van der Waals surface area contributed by atoms with E-state index >= 15 is 0 Å². The predicted octanol–water partition coefficient (Wildman–Crippen LogP) is 3.71. The van der Waals surface area contributed by atoms with Crippen molar-refractivity contribution in [2.75, 3.05) is 12.4 Å². The highest BCUT2D eigenvalue weighted by Crippen LogP contribution is 2.24. The first kappa shape index (κ1) is 14.2. The van der Waals surface area contributed by atoms with Gasteiger partial charge in [0.15, 0.2) is 0 Å². The summed E-state index contributed by atoms with van der Waals surface area (Å²) in [4.78, 5) is 0. The number of allylic oxidation sites excluding steroid dienone is 1. The number of anilines is 1. The van der Waals surface area contributed by atoms with Gasteiger partial charge in [-0.1, -0.05) is 24.3 Å². The molecule has 0 heterocycles. The quantitative estimate of drug-likeness (QED) is 0.864. The highest BCUT2D eigenvalue weighted by atomic mass is 16.5. The summed E-state index contributed by atoms with van der Waals surface area (Å²) in [6.45, 7) is 0. The number of hydrogen-bond acceptors (Lipinski definition) is 4. The molecule has 0 saturated carbocycles. The van der Waals surface area contributed by atoms with Crippen LogP contribution in [0.1, 0.15) is 0 Å². The number of nitrogens with zero attached hydrogens (tertiary/aromatic N) is 2. The van der Waals surface area contributed by atoms with Gasteiger partial charge in [-0.25, -0.2) is 0 Å². The van der Waals surface area contributed by atoms with Crippen LogP contribution in [0.2, 0.25) is 0 Å². The molecule has 2 rings (SSSR count). The highest BCUT2D eigenvalue weighted by molar-refractivity contribution is 5.69. The van der Waals surface area contributed by atoms with Crippen LogP contribution in [-0.2, 0) is 0 Å². The van der Waals surface area contributed by atoms with Gasteiger partial charge in [0.1, 0.15) is 23.5 Å². The van der Waals surface area contributed by atoms with Crippen molar-refractivity contribution in [2.24, 2.45) is 0 Å². The summed E-state index contributed by atoms with van der Waals surface area (Å²) >= 11 is 0. The van der Waals surface area contributed by atoms with E-state index in [2.05, 4.69) is 5.32 Å². The lowest BCUT2D eigenvalue weighted by atomic mass is 10.1. The lowest BCUT2D eigenvalue weighted by Gasteiger charge is -2.06. The van der Waals surface area contributed by atoms with Gasteiger partial charge in [0.25, 0.3) is 0 Å². The van der Waals surface area contributed by atoms with E-state index in [1.54, 1.807) is 19.2 Å². The molecule has 1 N–H and O–H groups in total. The first-order valence-corrected chi connectivity index (χ1v) is 6.28. The summed E-state index contributed by atoms with van der Waals surface area (Å²) in [6, 6.07) is 19.1.